The van der Waals surface area contributed by atoms with E-state index in [1.807, 2.05) is 61.5 Å². The molecule has 0 spiro atoms. The lowest BCUT2D eigenvalue weighted by Crippen LogP contribution is -2.32. The second-order valence-electron chi connectivity index (χ2n) is 6.48. The Morgan fingerprint density at radius 3 is 2.21 bits per heavy atom. The Hall–Kier alpha value is -2.92. The molecular formula is C24H25NO3S. The molecular weight excluding hydrogens is 382 g/mol. The van der Waals surface area contributed by atoms with Crippen LogP contribution in [0.4, 0.5) is 5.69 Å². The van der Waals surface area contributed by atoms with E-state index in [4.69, 9.17) is 9.47 Å². The predicted molar refractivity (Wildman–Crippen MR) is 119 cm³/mol. The highest BCUT2D eigenvalue weighted by molar-refractivity contribution is 7.98. The summed E-state index contributed by atoms with van der Waals surface area (Å²) in [4.78, 5) is 13.8. The zero-order valence-corrected chi connectivity index (χ0v) is 17.4. The van der Waals surface area contributed by atoms with Gasteiger partial charge in [0.1, 0.15) is 11.5 Å². The van der Waals surface area contributed by atoms with Crippen LogP contribution in [-0.2, 0) is 10.5 Å². The molecule has 1 atom stereocenters. The molecule has 0 aromatic heterocycles. The third-order valence-corrected chi connectivity index (χ3v) is 5.45. The van der Waals surface area contributed by atoms with Crippen LogP contribution in [-0.4, -0.2) is 19.1 Å². The lowest BCUT2D eigenvalue weighted by atomic mass is 10.2. The van der Waals surface area contributed by atoms with Gasteiger partial charge in [-0.05, 0) is 60.5 Å². The van der Waals surface area contributed by atoms with E-state index in [-0.39, 0.29) is 5.91 Å². The van der Waals surface area contributed by atoms with Gasteiger partial charge in [-0.3, -0.25) is 4.79 Å². The highest BCUT2D eigenvalue weighted by Gasteiger charge is 2.18. The minimum absolute atomic E-state index is 0.158. The van der Waals surface area contributed by atoms with E-state index in [9.17, 15) is 4.79 Å². The fraction of sp³-hybridized carbons (Fsp3) is 0.208. The molecule has 1 N–H and O–H groups in total. The molecule has 0 fully saturated rings. The quantitative estimate of drug-likeness (QED) is 0.457. The number of hydrogen-bond acceptors (Lipinski definition) is 4. The van der Waals surface area contributed by atoms with E-state index in [2.05, 4.69) is 17.4 Å². The van der Waals surface area contributed by atoms with Crippen molar-refractivity contribution >= 4 is 23.4 Å². The van der Waals surface area contributed by atoms with Gasteiger partial charge < -0.3 is 14.8 Å². The summed E-state index contributed by atoms with van der Waals surface area (Å²) in [5, 5.41) is 2.94. The molecule has 0 saturated carbocycles. The van der Waals surface area contributed by atoms with E-state index in [1.54, 1.807) is 31.0 Å². The molecule has 0 saturated heterocycles. The first kappa shape index (κ1) is 20.8. The van der Waals surface area contributed by atoms with Gasteiger partial charge in [0.2, 0.25) is 0 Å². The summed E-state index contributed by atoms with van der Waals surface area (Å²) in [7, 11) is 1.61. The van der Waals surface area contributed by atoms with Gasteiger partial charge in [0, 0.05) is 16.3 Å². The fourth-order valence-corrected chi connectivity index (χ4v) is 3.61. The minimum Gasteiger partial charge on any atom is -0.497 e. The first-order valence-corrected chi connectivity index (χ1v) is 10.5. The normalized spacial score (nSPS) is 11.5. The van der Waals surface area contributed by atoms with Crippen LogP contribution in [0, 0.1) is 0 Å². The van der Waals surface area contributed by atoms with Crippen molar-refractivity contribution < 1.29 is 14.3 Å². The van der Waals surface area contributed by atoms with Crippen molar-refractivity contribution in [1.29, 1.82) is 0 Å². The van der Waals surface area contributed by atoms with Gasteiger partial charge in [-0.15, -0.1) is 11.8 Å². The van der Waals surface area contributed by atoms with E-state index in [0.717, 1.165) is 17.2 Å². The molecule has 4 nitrogen and oxygen atoms in total. The Morgan fingerprint density at radius 1 is 0.931 bits per heavy atom. The van der Waals surface area contributed by atoms with Crippen LogP contribution in [0.3, 0.4) is 0 Å². The van der Waals surface area contributed by atoms with E-state index in [0.29, 0.717) is 12.2 Å². The SMILES string of the molecule is CCC(Oc1ccc(OC)cc1)C(=O)Nc1ccc(CSc2ccccc2)cc1. The van der Waals surface area contributed by atoms with Crippen molar-refractivity contribution in [1.82, 2.24) is 0 Å². The topological polar surface area (TPSA) is 47.6 Å². The molecule has 5 heteroatoms. The summed E-state index contributed by atoms with van der Waals surface area (Å²) in [5.41, 5.74) is 1.97. The Kier molecular flexibility index (Phi) is 7.59. The van der Waals surface area contributed by atoms with Crippen LogP contribution in [0.2, 0.25) is 0 Å². The molecule has 0 heterocycles. The Labute approximate surface area is 176 Å². The van der Waals surface area contributed by atoms with Crippen molar-refractivity contribution in [3.63, 3.8) is 0 Å². The lowest BCUT2D eigenvalue weighted by Gasteiger charge is -2.17. The average Bonchev–Trinajstić information content (AvgIpc) is 2.78. The smallest absolute Gasteiger partial charge is 0.265 e. The van der Waals surface area contributed by atoms with Crippen molar-refractivity contribution in [2.75, 3.05) is 12.4 Å². The van der Waals surface area contributed by atoms with Gasteiger partial charge in [0.05, 0.1) is 7.11 Å². The standard InChI is InChI=1S/C24H25NO3S/c1-3-23(28-21-15-13-20(27-2)14-16-21)24(26)25-19-11-9-18(10-12-19)17-29-22-7-5-4-6-8-22/h4-16,23H,3,17H2,1-2H3,(H,25,26). The number of nitrogens with one attached hydrogen (secondary N) is 1. The van der Waals surface area contributed by atoms with Gasteiger partial charge in [-0.1, -0.05) is 37.3 Å². The molecule has 0 bridgehead atoms. The number of benzene rings is 3. The molecule has 3 aromatic carbocycles. The first-order valence-electron chi connectivity index (χ1n) is 9.56. The second kappa shape index (κ2) is 10.6. The van der Waals surface area contributed by atoms with Gasteiger partial charge in [-0.25, -0.2) is 0 Å². The molecule has 3 aromatic rings. The van der Waals surface area contributed by atoms with E-state index >= 15 is 0 Å². The fourth-order valence-electron chi connectivity index (χ4n) is 2.73. The van der Waals surface area contributed by atoms with Gasteiger partial charge >= 0.3 is 0 Å². The van der Waals surface area contributed by atoms with Crippen molar-refractivity contribution in [2.45, 2.75) is 30.1 Å². The van der Waals surface area contributed by atoms with E-state index in [1.165, 1.54) is 10.5 Å². The third kappa shape index (κ3) is 6.29. The Bertz CT molecular complexity index is 896. The number of carbonyl (C=O) groups excluding carboxylic acids is 1. The van der Waals surface area contributed by atoms with E-state index < -0.39 is 6.10 Å². The summed E-state index contributed by atoms with van der Waals surface area (Å²) >= 11 is 1.79. The molecule has 0 aliphatic carbocycles. The maximum Gasteiger partial charge on any atom is 0.265 e. The summed E-state index contributed by atoms with van der Waals surface area (Å²) < 4.78 is 11.0. The maximum atomic E-state index is 12.6. The zero-order valence-electron chi connectivity index (χ0n) is 16.6. The van der Waals surface area contributed by atoms with Gasteiger partial charge in [0.15, 0.2) is 6.10 Å². The largest absolute Gasteiger partial charge is 0.497 e. The molecule has 29 heavy (non-hydrogen) atoms. The summed E-state index contributed by atoms with van der Waals surface area (Å²) in [6.45, 7) is 1.93. The maximum absolute atomic E-state index is 12.6. The van der Waals surface area contributed by atoms with Crippen molar-refractivity contribution in [3.8, 4) is 11.5 Å². The molecule has 0 radical (unpaired) electrons. The number of thioether (sulfide) groups is 1. The second-order valence-corrected chi connectivity index (χ2v) is 7.53. The number of methoxy groups -OCH3 is 1. The lowest BCUT2D eigenvalue weighted by molar-refractivity contribution is -0.122. The minimum atomic E-state index is -0.559. The zero-order chi connectivity index (χ0) is 20.5. The van der Waals surface area contributed by atoms with Crippen LogP contribution in [0.25, 0.3) is 0 Å². The molecule has 1 amide bonds. The predicted octanol–water partition coefficient (Wildman–Crippen LogP) is 5.78. The van der Waals surface area contributed by atoms with Crippen LogP contribution < -0.4 is 14.8 Å². The number of anilines is 1. The number of carbonyl (C=O) groups is 1. The number of hydrogen-bond donors (Lipinski definition) is 1. The van der Waals surface area contributed by atoms with Gasteiger partial charge in [-0.2, -0.15) is 0 Å². The van der Waals surface area contributed by atoms with Crippen LogP contribution in [0.5, 0.6) is 11.5 Å². The number of amides is 1. The molecule has 0 aliphatic rings. The summed E-state index contributed by atoms with van der Waals surface area (Å²) in [6, 6.07) is 25.5. The third-order valence-electron chi connectivity index (χ3n) is 4.37. The highest BCUT2D eigenvalue weighted by atomic mass is 32.2. The summed E-state index contributed by atoms with van der Waals surface area (Å²) in [6.07, 6.45) is 0.0145. The van der Waals surface area contributed by atoms with Crippen LogP contribution in [0.15, 0.2) is 83.8 Å². The number of rotatable bonds is 9. The van der Waals surface area contributed by atoms with Crippen LogP contribution >= 0.6 is 11.8 Å². The Balaban J connectivity index is 1.54. The summed E-state index contributed by atoms with van der Waals surface area (Å²) in [5.74, 6) is 2.12. The monoisotopic (exact) mass is 407 g/mol. The van der Waals surface area contributed by atoms with Crippen molar-refractivity contribution in [3.05, 3.63) is 84.4 Å². The average molecular weight is 408 g/mol. The molecule has 0 aliphatic heterocycles. The molecule has 1 unspecified atom stereocenters. The molecule has 150 valence electrons. The molecule has 3 rings (SSSR count). The van der Waals surface area contributed by atoms with Crippen LogP contribution in [0.1, 0.15) is 18.9 Å². The number of ether oxygens (including phenoxy) is 2. The first-order chi connectivity index (χ1) is 14.2. The van der Waals surface area contributed by atoms with Gasteiger partial charge in [0.25, 0.3) is 5.91 Å². The van der Waals surface area contributed by atoms with Crippen molar-refractivity contribution in [2.24, 2.45) is 0 Å². The Morgan fingerprint density at radius 2 is 1.59 bits per heavy atom. The highest BCUT2D eigenvalue weighted by Crippen LogP contribution is 2.23.